The van der Waals surface area contributed by atoms with Crippen LogP contribution in [0.5, 0.6) is 0 Å². The Morgan fingerprint density at radius 3 is 2.19 bits per heavy atom. The fourth-order valence-electron chi connectivity index (χ4n) is 4.28. The SMILES string of the molecule is O=C1[C@@H]2[C@@H](c3ccccc3[N+](=O)[O-])N(c3ccccc3)O[C@H]2C(=O)N1c1ccc(F)cc1. The van der Waals surface area contributed by atoms with Gasteiger partial charge in [0.05, 0.1) is 21.9 Å². The third-order valence-corrected chi connectivity index (χ3v) is 5.66. The molecule has 160 valence electrons. The highest BCUT2D eigenvalue weighted by atomic mass is 19.1. The van der Waals surface area contributed by atoms with Crippen LogP contribution in [0.2, 0.25) is 0 Å². The summed E-state index contributed by atoms with van der Waals surface area (Å²) in [5.41, 5.74) is 0.852. The minimum absolute atomic E-state index is 0.178. The number of halogens is 1. The predicted octanol–water partition coefficient (Wildman–Crippen LogP) is 3.79. The molecule has 3 aromatic rings. The van der Waals surface area contributed by atoms with Crippen molar-refractivity contribution in [3.63, 3.8) is 0 Å². The van der Waals surface area contributed by atoms with Gasteiger partial charge in [0.25, 0.3) is 11.6 Å². The summed E-state index contributed by atoms with van der Waals surface area (Å²) in [4.78, 5) is 44.8. The van der Waals surface area contributed by atoms with E-state index in [1.54, 1.807) is 42.5 Å². The largest absolute Gasteiger partial charge is 0.274 e. The normalized spacial score (nSPS) is 22.3. The van der Waals surface area contributed by atoms with Gasteiger partial charge < -0.3 is 0 Å². The van der Waals surface area contributed by atoms with E-state index in [0.29, 0.717) is 5.69 Å². The van der Waals surface area contributed by atoms with Crippen LogP contribution in [-0.4, -0.2) is 22.8 Å². The second-order valence-corrected chi connectivity index (χ2v) is 7.46. The third-order valence-electron chi connectivity index (χ3n) is 5.66. The number of rotatable bonds is 4. The molecule has 2 fully saturated rings. The summed E-state index contributed by atoms with van der Waals surface area (Å²) in [5, 5.41) is 13.1. The lowest BCUT2D eigenvalue weighted by Crippen LogP contribution is -2.37. The minimum atomic E-state index is -1.17. The average Bonchev–Trinajstić information content (AvgIpc) is 3.31. The van der Waals surface area contributed by atoms with E-state index in [4.69, 9.17) is 4.84 Å². The van der Waals surface area contributed by atoms with Crippen LogP contribution in [-0.2, 0) is 14.4 Å². The summed E-state index contributed by atoms with van der Waals surface area (Å²) < 4.78 is 13.4. The Bertz CT molecular complexity index is 1220. The molecule has 9 heteroatoms. The van der Waals surface area contributed by atoms with Gasteiger partial charge in [0.15, 0.2) is 6.10 Å². The van der Waals surface area contributed by atoms with Gasteiger partial charge in [0.2, 0.25) is 5.91 Å². The van der Waals surface area contributed by atoms with Gasteiger partial charge in [-0.15, -0.1) is 0 Å². The van der Waals surface area contributed by atoms with E-state index in [1.807, 2.05) is 0 Å². The van der Waals surface area contributed by atoms with Gasteiger partial charge in [-0.25, -0.2) is 14.4 Å². The van der Waals surface area contributed by atoms with E-state index in [0.717, 1.165) is 17.0 Å². The van der Waals surface area contributed by atoms with E-state index < -0.39 is 40.6 Å². The van der Waals surface area contributed by atoms with Crippen LogP contribution >= 0.6 is 0 Å². The van der Waals surface area contributed by atoms with Crippen molar-refractivity contribution in [2.45, 2.75) is 12.1 Å². The number of para-hydroxylation sites is 2. The molecule has 2 saturated heterocycles. The number of hydrogen-bond donors (Lipinski definition) is 0. The van der Waals surface area contributed by atoms with Crippen molar-refractivity contribution >= 4 is 28.9 Å². The number of imide groups is 1. The van der Waals surface area contributed by atoms with Gasteiger partial charge in [-0.3, -0.25) is 24.5 Å². The fraction of sp³-hybridized carbons (Fsp3) is 0.130. The van der Waals surface area contributed by atoms with E-state index in [-0.39, 0.29) is 16.9 Å². The quantitative estimate of drug-likeness (QED) is 0.353. The Morgan fingerprint density at radius 2 is 1.50 bits per heavy atom. The van der Waals surface area contributed by atoms with Crippen LogP contribution in [0.4, 0.5) is 21.5 Å². The smallest absolute Gasteiger partial charge is 0.273 e. The molecule has 5 rings (SSSR count). The lowest BCUT2D eigenvalue weighted by molar-refractivity contribution is -0.385. The lowest BCUT2D eigenvalue weighted by atomic mass is 9.89. The van der Waals surface area contributed by atoms with Crippen LogP contribution in [0.15, 0.2) is 78.9 Å². The van der Waals surface area contributed by atoms with Crippen molar-refractivity contribution in [2.24, 2.45) is 5.92 Å². The number of carbonyl (C=O) groups is 2. The maximum atomic E-state index is 13.5. The maximum absolute atomic E-state index is 13.5. The van der Waals surface area contributed by atoms with E-state index in [9.17, 15) is 24.1 Å². The molecule has 0 spiro atoms. The Kier molecular flexibility index (Phi) is 4.67. The molecular formula is C23H16FN3O5. The first-order chi connectivity index (χ1) is 15.5. The molecule has 0 unspecified atom stereocenters. The second-order valence-electron chi connectivity index (χ2n) is 7.46. The number of anilines is 2. The molecule has 0 saturated carbocycles. The zero-order chi connectivity index (χ0) is 22.4. The minimum Gasteiger partial charge on any atom is -0.273 e. The zero-order valence-electron chi connectivity index (χ0n) is 16.5. The molecule has 0 bridgehead atoms. The molecule has 2 aliphatic heterocycles. The maximum Gasteiger partial charge on any atom is 0.274 e. The van der Waals surface area contributed by atoms with Crippen molar-refractivity contribution in [2.75, 3.05) is 9.96 Å². The Labute approximate surface area is 181 Å². The molecule has 2 heterocycles. The highest BCUT2D eigenvalue weighted by molar-refractivity contribution is 6.23. The Balaban J connectivity index is 1.63. The topological polar surface area (TPSA) is 93.0 Å². The number of amides is 2. The number of nitro groups is 1. The summed E-state index contributed by atoms with van der Waals surface area (Å²) in [5.74, 6) is -2.69. The molecule has 3 atom stereocenters. The first-order valence-electron chi connectivity index (χ1n) is 9.85. The van der Waals surface area contributed by atoms with Gasteiger partial charge in [0.1, 0.15) is 17.8 Å². The molecule has 32 heavy (non-hydrogen) atoms. The molecule has 0 aliphatic carbocycles. The molecule has 0 N–H and O–H groups in total. The van der Waals surface area contributed by atoms with Crippen molar-refractivity contribution in [3.8, 4) is 0 Å². The predicted molar refractivity (Wildman–Crippen MR) is 112 cm³/mol. The summed E-state index contributed by atoms with van der Waals surface area (Å²) >= 11 is 0. The van der Waals surface area contributed by atoms with Gasteiger partial charge in [-0.2, -0.15) is 0 Å². The molecule has 0 aromatic heterocycles. The Morgan fingerprint density at radius 1 is 0.844 bits per heavy atom. The summed E-state index contributed by atoms with van der Waals surface area (Å²) in [6.45, 7) is 0. The lowest BCUT2D eigenvalue weighted by Gasteiger charge is -2.28. The van der Waals surface area contributed by atoms with Crippen molar-refractivity contribution in [1.29, 1.82) is 0 Å². The summed E-state index contributed by atoms with van der Waals surface area (Å²) in [6.07, 6.45) is -1.17. The number of carbonyl (C=O) groups excluding carboxylic acids is 2. The number of benzene rings is 3. The third kappa shape index (κ3) is 3.02. The number of hydroxylamine groups is 1. The van der Waals surface area contributed by atoms with Crippen LogP contribution in [0, 0.1) is 21.8 Å². The molecule has 0 radical (unpaired) electrons. The van der Waals surface area contributed by atoms with Gasteiger partial charge in [-0.05, 0) is 42.5 Å². The summed E-state index contributed by atoms with van der Waals surface area (Å²) in [7, 11) is 0. The van der Waals surface area contributed by atoms with Crippen molar-refractivity contribution in [1.82, 2.24) is 0 Å². The standard InChI is InChI=1S/C23H16FN3O5/c24-14-10-12-15(13-11-14)25-22(28)19-20(17-8-4-5-9-18(17)27(30)31)26(32-21(19)23(25)29)16-6-2-1-3-7-16/h1-13,19-21H/t19-,20-,21-/m1/s1. The van der Waals surface area contributed by atoms with Gasteiger partial charge in [0, 0.05) is 6.07 Å². The van der Waals surface area contributed by atoms with Gasteiger partial charge >= 0.3 is 0 Å². The first kappa shape index (κ1) is 19.8. The van der Waals surface area contributed by atoms with Gasteiger partial charge in [-0.1, -0.05) is 30.3 Å². The average molecular weight is 433 g/mol. The fourth-order valence-corrected chi connectivity index (χ4v) is 4.28. The van der Waals surface area contributed by atoms with E-state index >= 15 is 0 Å². The number of nitrogens with zero attached hydrogens (tertiary/aromatic N) is 3. The highest BCUT2D eigenvalue weighted by Gasteiger charge is 2.61. The van der Waals surface area contributed by atoms with E-state index in [1.165, 1.54) is 29.3 Å². The number of hydrogen-bond acceptors (Lipinski definition) is 6. The number of nitro benzene ring substituents is 1. The van der Waals surface area contributed by atoms with Crippen molar-refractivity contribution < 1.29 is 23.7 Å². The summed E-state index contributed by atoms with van der Waals surface area (Å²) in [6, 6.07) is 18.9. The van der Waals surface area contributed by atoms with E-state index in [2.05, 4.69) is 0 Å². The monoisotopic (exact) mass is 433 g/mol. The molecule has 8 nitrogen and oxygen atoms in total. The van der Waals surface area contributed by atoms with Crippen LogP contribution in [0.25, 0.3) is 0 Å². The number of fused-ring (bicyclic) bond motifs is 1. The second kappa shape index (κ2) is 7.54. The molecule has 3 aromatic carbocycles. The van der Waals surface area contributed by atoms with Crippen molar-refractivity contribution in [3.05, 3.63) is 100 Å². The molecule has 2 amide bonds. The van der Waals surface area contributed by atoms with Crippen LogP contribution < -0.4 is 9.96 Å². The van der Waals surface area contributed by atoms with Crippen LogP contribution in [0.1, 0.15) is 11.6 Å². The Hall–Kier alpha value is -4.11. The molecular weight excluding hydrogens is 417 g/mol. The van der Waals surface area contributed by atoms with Crippen LogP contribution in [0.3, 0.4) is 0 Å². The first-order valence-corrected chi connectivity index (χ1v) is 9.85. The highest BCUT2D eigenvalue weighted by Crippen LogP contribution is 2.49. The molecule has 2 aliphatic rings. The zero-order valence-corrected chi connectivity index (χ0v) is 16.5.